The summed E-state index contributed by atoms with van der Waals surface area (Å²) in [6, 6.07) is 7.24. The number of hydrogen-bond acceptors (Lipinski definition) is 5. The second-order valence-electron chi connectivity index (χ2n) is 6.13. The predicted octanol–water partition coefficient (Wildman–Crippen LogP) is 5.54. The normalized spacial score (nSPS) is 11.4. The average molecular weight is 588 g/mol. The van der Waals surface area contributed by atoms with Gasteiger partial charge in [0.25, 0.3) is 5.56 Å². The van der Waals surface area contributed by atoms with Gasteiger partial charge in [0.2, 0.25) is 0 Å². The molecule has 0 unspecified atom stereocenters. The molecule has 3 aromatic rings. The van der Waals surface area contributed by atoms with Gasteiger partial charge in [-0.15, -0.1) is 0 Å². The van der Waals surface area contributed by atoms with Crippen molar-refractivity contribution in [1.29, 1.82) is 0 Å². The Labute approximate surface area is 193 Å². The van der Waals surface area contributed by atoms with Crippen molar-refractivity contribution in [3.8, 4) is 11.5 Å². The predicted molar refractivity (Wildman–Crippen MR) is 126 cm³/mol. The van der Waals surface area contributed by atoms with E-state index in [1.165, 1.54) is 4.68 Å². The molecular weight excluding hydrogens is 570 g/mol. The molecule has 0 fully saturated rings. The van der Waals surface area contributed by atoms with Crippen molar-refractivity contribution in [2.75, 3.05) is 14.2 Å². The van der Waals surface area contributed by atoms with Crippen LogP contribution in [0.2, 0.25) is 0 Å². The lowest BCUT2D eigenvalue weighted by Gasteiger charge is -2.13. The first kappa shape index (κ1) is 22.0. The van der Waals surface area contributed by atoms with Crippen LogP contribution in [0.4, 0.5) is 0 Å². The van der Waals surface area contributed by atoms with E-state index in [1.54, 1.807) is 32.6 Å². The SMILES string of the molecule is CCCc1nc2ccc(Br)cc2c(=O)n1N=Cc1cc(OC)c(OC)c(Br)c1Br. The van der Waals surface area contributed by atoms with E-state index >= 15 is 0 Å². The molecule has 29 heavy (non-hydrogen) atoms. The summed E-state index contributed by atoms with van der Waals surface area (Å²) in [6.07, 6.45) is 3.08. The van der Waals surface area contributed by atoms with Gasteiger partial charge in [0.05, 0.1) is 35.8 Å². The second kappa shape index (κ2) is 9.40. The molecule has 9 heteroatoms. The van der Waals surface area contributed by atoms with Crippen LogP contribution in [0.3, 0.4) is 0 Å². The number of nitrogens with zero attached hydrogens (tertiary/aromatic N) is 3. The monoisotopic (exact) mass is 585 g/mol. The van der Waals surface area contributed by atoms with Crippen LogP contribution in [0.5, 0.6) is 11.5 Å². The summed E-state index contributed by atoms with van der Waals surface area (Å²) >= 11 is 10.5. The smallest absolute Gasteiger partial charge is 0.282 e. The highest BCUT2D eigenvalue weighted by molar-refractivity contribution is 9.13. The van der Waals surface area contributed by atoms with Crippen molar-refractivity contribution >= 4 is 64.9 Å². The molecule has 0 N–H and O–H groups in total. The molecule has 152 valence electrons. The molecule has 1 heterocycles. The number of aryl methyl sites for hydroxylation is 1. The zero-order valence-corrected chi connectivity index (χ0v) is 20.8. The minimum absolute atomic E-state index is 0.216. The van der Waals surface area contributed by atoms with Crippen molar-refractivity contribution in [2.45, 2.75) is 19.8 Å². The van der Waals surface area contributed by atoms with E-state index in [4.69, 9.17) is 9.47 Å². The van der Waals surface area contributed by atoms with Gasteiger partial charge in [0, 0.05) is 20.9 Å². The van der Waals surface area contributed by atoms with E-state index in [-0.39, 0.29) is 5.56 Å². The summed E-state index contributed by atoms with van der Waals surface area (Å²) in [4.78, 5) is 17.7. The second-order valence-corrected chi connectivity index (χ2v) is 8.63. The van der Waals surface area contributed by atoms with Crippen LogP contribution < -0.4 is 15.0 Å². The number of aromatic nitrogens is 2. The van der Waals surface area contributed by atoms with E-state index in [0.717, 1.165) is 20.9 Å². The van der Waals surface area contributed by atoms with Gasteiger partial charge in [-0.1, -0.05) is 22.9 Å². The molecular formula is C20H18Br3N3O3. The summed E-state index contributed by atoms with van der Waals surface area (Å²) in [5.41, 5.74) is 1.16. The fraction of sp³-hybridized carbons (Fsp3) is 0.250. The fourth-order valence-electron chi connectivity index (χ4n) is 2.86. The van der Waals surface area contributed by atoms with E-state index in [2.05, 4.69) is 57.9 Å². The highest BCUT2D eigenvalue weighted by atomic mass is 79.9. The van der Waals surface area contributed by atoms with Gasteiger partial charge < -0.3 is 9.47 Å². The van der Waals surface area contributed by atoms with Gasteiger partial charge in [-0.25, -0.2) is 4.98 Å². The third kappa shape index (κ3) is 4.41. The molecule has 0 saturated carbocycles. The Balaban J connectivity index is 2.18. The van der Waals surface area contributed by atoms with Crippen molar-refractivity contribution < 1.29 is 9.47 Å². The fourth-order valence-corrected chi connectivity index (χ4v) is 4.20. The Bertz CT molecular complexity index is 1160. The third-order valence-electron chi connectivity index (χ3n) is 4.24. The number of ether oxygens (including phenoxy) is 2. The zero-order chi connectivity index (χ0) is 21.1. The van der Waals surface area contributed by atoms with Crippen molar-refractivity contribution in [1.82, 2.24) is 9.66 Å². The largest absolute Gasteiger partial charge is 0.493 e. The first-order chi connectivity index (χ1) is 13.9. The van der Waals surface area contributed by atoms with E-state index in [0.29, 0.717) is 39.1 Å². The number of fused-ring (bicyclic) bond motifs is 1. The molecule has 6 nitrogen and oxygen atoms in total. The van der Waals surface area contributed by atoms with Crippen molar-refractivity contribution in [3.05, 3.63) is 59.4 Å². The number of hydrogen-bond donors (Lipinski definition) is 0. The van der Waals surface area contributed by atoms with Crippen LogP contribution in [-0.4, -0.2) is 30.1 Å². The maximum absolute atomic E-state index is 13.1. The maximum atomic E-state index is 13.1. The molecule has 0 spiro atoms. The first-order valence-corrected chi connectivity index (χ1v) is 11.1. The van der Waals surface area contributed by atoms with Crippen LogP contribution in [0.15, 0.2) is 47.6 Å². The van der Waals surface area contributed by atoms with Gasteiger partial charge in [0.1, 0.15) is 5.82 Å². The summed E-state index contributed by atoms with van der Waals surface area (Å²) in [7, 11) is 3.13. The Morgan fingerprint density at radius 2 is 1.90 bits per heavy atom. The maximum Gasteiger partial charge on any atom is 0.282 e. The summed E-state index contributed by atoms with van der Waals surface area (Å²) in [6.45, 7) is 2.04. The number of rotatable bonds is 6. The van der Waals surface area contributed by atoms with Gasteiger partial charge in [0.15, 0.2) is 11.5 Å². The van der Waals surface area contributed by atoms with Gasteiger partial charge in [-0.2, -0.15) is 9.78 Å². The standard InChI is InChI=1S/C20H18Br3N3O3/c1-4-5-16-25-14-7-6-12(21)9-13(14)20(27)26(16)24-10-11-8-15(28-2)19(29-3)18(23)17(11)22/h6-10H,4-5H2,1-3H3. The van der Waals surface area contributed by atoms with Gasteiger partial charge in [-0.3, -0.25) is 4.79 Å². The Morgan fingerprint density at radius 1 is 1.14 bits per heavy atom. The van der Waals surface area contributed by atoms with E-state index in [9.17, 15) is 4.79 Å². The molecule has 0 atom stereocenters. The van der Waals surface area contributed by atoms with E-state index in [1.807, 2.05) is 19.1 Å². The molecule has 0 aliphatic rings. The molecule has 3 rings (SSSR count). The summed E-state index contributed by atoms with van der Waals surface area (Å²) < 4.78 is 14.4. The molecule has 0 saturated heterocycles. The highest BCUT2D eigenvalue weighted by Crippen LogP contribution is 2.41. The minimum atomic E-state index is -0.216. The van der Waals surface area contributed by atoms with Crippen LogP contribution in [0.1, 0.15) is 24.7 Å². The van der Waals surface area contributed by atoms with Crippen LogP contribution >= 0.6 is 47.8 Å². The molecule has 2 aromatic carbocycles. The van der Waals surface area contributed by atoms with Gasteiger partial charge in [-0.05, 0) is 62.5 Å². The van der Waals surface area contributed by atoms with E-state index < -0.39 is 0 Å². The lowest BCUT2D eigenvalue weighted by atomic mass is 10.2. The molecule has 0 bridgehead atoms. The quantitative estimate of drug-likeness (QED) is 0.356. The highest BCUT2D eigenvalue weighted by Gasteiger charge is 2.16. The summed E-state index contributed by atoms with van der Waals surface area (Å²) in [5, 5.41) is 4.97. The first-order valence-electron chi connectivity index (χ1n) is 8.76. The molecule has 0 radical (unpaired) electrons. The molecule has 0 aliphatic heterocycles. The topological polar surface area (TPSA) is 65.7 Å². The lowest BCUT2D eigenvalue weighted by molar-refractivity contribution is 0.353. The lowest BCUT2D eigenvalue weighted by Crippen LogP contribution is -2.22. The Kier molecular flexibility index (Phi) is 7.13. The molecule has 1 aromatic heterocycles. The minimum Gasteiger partial charge on any atom is -0.493 e. The average Bonchev–Trinajstić information content (AvgIpc) is 2.71. The Morgan fingerprint density at radius 3 is 2.55 bits per heavy atom. The molecule has 0 amide bonds. The van der Waals surface area contributed by atoms with Crippen molar-refractivity contribution in [2.24, 2.45) is 5.10 Å². The number of methoxy groups -OCH3 is 2. The van der Waals surface area contributed by atoms with Crippen molar-refractivity contribution in [3.63, 3.8) is 0 Å². The zero-order valence-electron chi connectivity index (χ0n) is 16.0. The number of halogens is 3. The van der Waals surface area contributed by atoms with Crippen LogP contribution in [-0.2, 0) is 6.42 Å². The molecule has 0 aliphatic carbocycles. The Hall–Kier alpha value is -1.71. The van der Waals surface area contributed by atoms with Crippen LogP contribution in [0.25, 0.3) is 10.9 Å². The summed E-state index contributed by atoms with van der Waals surface area (Å²) in [5.74, 6) is 1.72. The van der Waals surface area contributed by atoms with Crippen LogP contribution in [0, 0.1) is 0 Å². The third-order valence-corrected chi connectivity index (χ3v) is 6.88. The number of benzene rings is 2. The van der Waals surface area contributed by atoms with Gasteiger partial charge >= 0.3 is 0 Å².